The zero-order valence-electron chi connectivity index (χ0n) is 20.5. The molecule has 3 N–H and O–H groups in total. The van der Waals surface area contributed by atoms with Gasteiger partial charge in [0.1, 0.15) is 23.6 Å². The van der Waals surface area contributed by atoms with E-state index in [1.165, 1.54) is 6.92 Å². The molecule has 1 spiro atoms. The lowest BCUT2D eigenvalue weighted by atomic mass is 9.57. The zero-order valence-corrected chi connectivity index (χ0v) is 20.5. The van der Waals surface area contributed by atoms with Crippen LogP contribution in [0.4, 0.5) is 0 Å². The molecule has 184 valence electrons. The van der Waals surface area contributed by atoms with Crippen LogP contribution in [0.2, 0.25) is 0 Å². The fourth-order valence-electron chi connectivity index (χ4n) is 6.93. The number of amides is 1. The van der Waals surface area contributed by atoms with E-state index in [2.05, 4.69) is 37.0 Å². The van der Waals surface area contributed by atoms with E-state index in [0.29, 0.717) is 12.2 Å². The van der Waals surface area contributed by atoms with Gasteiger partial charge in [0.25, 0.3) is 0 Å². The summed E-state index contributed by atoms with van der Waals surface area (Å²) in [4.78, 5) is 12.0. The summed E-state index contributed by atoms with van der Waals surface area (Å²) in [5.74, 6) is -0.120. The summed E-state index contributed by atoms with van der Waals surface area (Å²) in [6, 6.07) is -0.274. The van der Waals surface area contributed by atoms with E-state index in [9.17, 15) is 15.0 Å². The third-order valence-electron chi connectivity index (χ3n) is 8.46. The van der Waals surface area contributed by atoms with Crippen LogP contribution >= 0.6 is 0 Å². The van der Waals surface area contributed by atoms with Gasteiger partial charge in [-0.15, -0.1) is 0 Å². The average molecular weight is 462 g/mol. The lowest BCUT2D eigenvalue weighted by molar-refractivity contribution is -0.123. The predicted octanol–water partition coefficient (Wildman–Crippen LogP) is 2.34. The number of aliphatic hydroxyl groups excluding tert-OH is 2. The summed E-state index contributed by atoms with van der Waals surface area (Å²) < 4.78 is 18.9. The van der Waals surface area contributed by atoms with Crippen molar-refractivity contribution in [2.75, 3.05) is 7.11 Å². The Morgan fingerprint density at radius 1 is 1.36 bits per heavy atom. The molecule has 0 unspecified atom stereocenters. The molecule has 2 aliphatic carbocycles. The van der Waals surface area contributed by atoms with Crippen LogP contribution in [0.15, 0.2) is 36.1 Å². The highest BCUT2D eigenvalue weighted by molar-refractivity contribution is 5.73. The Balaban J connectivity index is 1.85. The van der Waals surface area contributed by atoms with Gasteiger partial charge in [-0.05, 0) is 25.8 Å². The van der Waals surface area contributed by atoms with Crippen LogP contribution in [0.25, 0.3) is 0 Å². The van der Waals surface area contributed by atoms with Gasteiger partial charge in [-0.25, -0.2) is 0 Å². The van der Waals surface area contributed by atoms with Crippen molar-refractivity contribution in [2.45, 2.75) is 83.2 Å². The number of carbonyl (C=O) groups is 1. The quantitative estimate of drug-likeness (QED) is 0.558. The molecular weight excluding hydrogens is 422 g/mol. The fraction of sp³-hybridized carbons (Fsp3) is 0.731. The standard InChI is InChI=1S/C26H39NO6/c1-12-10-13(2)26-18(11-20(31-7)16(5)32-24(12)15(4)28)8-9-19-21(26)23(30)14(3)22(25(19)33-26)27-17(6)29/h8-10,12,14-15,18-25,28,30H,5,11H2,1-4,6-7H3,(H,27,29)/b13-10+/t12-,14+,15-,18-,19-,20+,21+,22+,23-,24+,25-,26+/m1/s1. The molecule has 0 aromatic rings. The topological polar surface area (TPSA) is 97.2 Å². The second-order valence-corrected chi connectivity index (χ2v) is 10.5. The largest absolute Gasteiger partial charge is 0.489 e. The van der Waals surface area contributed by atoms with E-state index in [1.807, 2.05) is 13.8 Å². The minimum absolute atomic E-state index is 0.00101. The molecule has 0 radical (unpaired) electrons. The van der Waals surface area contributed by atoms with Crippen molar-refractivity contribution in [2.24, 2.45) is 29.6 Å². The van der Waals surface area contributed by atoms with E-state index >= 15 is 0 Å². The Morgan fingerprint density at radius 3 is 2.67 bits per heavy atom. The second kappa shape index (κ2) is 8.84. The Kier molecular flexibility index (Phi) is 6.55. The molecule has 7 nitrogen and oxygen atoms in total. The molecule has 2 fully saturated rings. The first-order valence-electron chi connectivity index (χ1n) is 12.1. The molecule has 1 saturated heterocycles. The van der Waals surface area contributed by atoms with Crippen molar-refractivity contribution in [1.29, 1.82) is 0 Å². The summed E-state index contributed by atoms with van der Waals surface area (Å²) in [6.07, 6.45) is 4.58. The molecule has 12 atom stereocenters. The van der Waals surface area contributed by atoms with Crippen LogP contribution in [-0.4, -0.2) is 65.4 Å². The average Bonchev–Trinajstić information content (AvgIpc) is 2.94. The number of rotatable bonds is 3. The van der Waals surface area contributed by atoms with E-state index < -0.39 is 30.0 Å². The molecule has 1 amide bonds. The molecule has 2 aliphatic heterocycles. The number of methoxy groups -OCH3 is 1. The molecule has 0 aromatic carbocycles. The summed E-state index contributed by atoms with van der Waals surface area (Å²) in [5, 5.41) is 25.1. The smallest absolute Gasteiger partial charge is 0.217 e. The van der Waals surface area contributed by atoms with Crippen LogP contribution in [0.1, 0.15) is 41.0 Å². The van der Waals surface area contributed by atoms with Gasteiger partial charge in [0.05, 0.1) is 24.4 Å². The maximum absolute atomic E-state index is 12.0. The minimum atomic E-state index is -0.739. The maximum Gasteiger partial charge on any atom is 0.217 e. The number of nitrogens with one attached hydrogen (secondary N) is 1. The summed E-state index contributed by atoms with van der Waals surface area (Å²) >= 11 is 0. The molecule has 0 aromatic heterocycles. The first-order chi connectivity index (χ1) is 15.5. The Bertz CT molecular complexity index is 852. The van der Waals surface area contributed by atoms with Crippen LogP contribution in [0.3, 0.4) is 0 Å². The number of hydrogen-bond donors (Lipinski definition) is 3. The summed E-state index contributed by atoms with van der Waals surface area (Å²) in [5.41, 5.74) is 0.282. The monoisotopic (exact) mass is 461 g/mol. The molecule has 7 heteroatoms. The van der Waals surface area contributed by atoms with Crippen molar-refractivity contribution >= 4 is 5.91 Å². The number of hydrogen-bond acceptors (Lipinski definition) is 6. The van der Waals surface area contributed by atoms with E-state index in [0.717, 1.165) is 5.57 Å². The van der Waals surface area contributed by atoms with Crippen LogP contribution in [0.5, 0.6) is 0 Å². The molecule has 4 bridgehead atoms. The molecule has 33 heavy (non-hydrogen) atoms. The van der Waals surface area contributed by atoms with Crippen molar-refractivity contribution < 1.29 is 29.2 Å². The van der Waals surface area contributed by atoms with Gasteiger partial charge in [0.15, 0.2) is 0 Å². The number of aliphatic hydroxyl groups is 2. The Labute approximate surface area is 196 Å². The highest BCUT2D eigenvalue weighted by atomic mass is 16.5. The summed E-state index contributed by atoms with van der Waals surface area (Å²) in [6.45, 7) is 13.4. The van der Waals surface area contributed by atoms with Crippen molar-refractivity contribution in [3.63, 3.8) is 0 Å². The normalized spacial score (nSPS) is 49.3. The molecular formula is C26H39NO6. The number of ether oxygens (including phenoxy) is 3. The van der Waals surface area contributed by atoms with E-state index in [-0.39, 0.29) is 47.6 Å². The van der Waals surface area contributed by atoms with Crippen LogP contribution in [-0.2, 0) is 19.0 Å². The third-order valence-corrected chi connectivity index (χ3v) is 8.46. The SMILES string of the molecule is C=C1O[C@H]([C@@H](C)O)[C@H](C)/C=C(\C)[C@]23O[C@@H]4[C@H](C=C[C@@H]2C[C@@H]1OC)[C@H]3[C@H](O)[C@@H](C)[C@@H]4NC(C)=O. The van der Waals surface area contributed by atoms with Crippen LogP contribution < -0.4 is 5.32 Å². The highest BCUT2D eigenvalue weighted by Gasteiger charge is 2.68. The maximum atomic E-state index is 12.0. The lowest BCUT2D eigenvalue weighted by Gasteiger charge is -2.49. The molecule has 4 rings (SSSR count). The fourth-order valence-corrected chi connectivity index (χ4v) is 6.93. The third kappa shape index (κ3) is 3.77. The van der Waals surface area contributed by atoms with Gasteiger partial charge < -0.3 is 29.7 Å². The van der Waals surface area contributed by atoms with Gasteiger partial charge in [-0.3, -0.25) is 4.79 Å². The Morgan fingerprint density at radius 2 is 2.06 bits per heavy atom. The van der Waals surface area contributed by atoms with Crippen molar-refractivity contribution in [3.05, 3.63) is 36.1 Å². The zero-order chi connectivity index (χ0) is 24.2. The predicted molar refractivity (Wildman–Crippen MR) is 124 cm³/mol. The van der Waals surface area contributed by atoms with E-state index in [1.54, 1.807) is 14.0 Å². The first kappa shape index (κ1) is 24.5. The lowest BCUT2D eigenvalue weighted by Crippen LogP contribution is -2.59. The van der Waals surface area contributed by atoms with Gasteiger partial charge in [-0.2, -0.15) is 0 Å². The van der Waals surface area contributed by atoms with E-state index in [4.69, 9.17) is 14.2 Å². The minimum Gasteiger partial charge on any atom is -0.489 e. The number of carbonyl (C=O) groups excluding carboxylic acids is 1. The molecule has 4 aliphatic rings. The molecule has 1 saturated carbocycles. The van der Waals surface area contributed by atoms with Gasteiger partial charge in [0.2, 0.25) is 5.91 Å². The molecule has 2 heterocycles. The van der Waals surface area contributed by atoms with Crippen LogP contribution in [0, 0.1) is 29.6 Å². The summed E-state index contributed by atoms with van der Waals surface area (Å²) in [7, 11) is 1.63. The van der Waals surface area contributed by atoms with Crippen molar-refractivity contribution in [3.8, 4) is 0 Å². The van der Waals surface area contributed by atoms with Gasteiger partial charge in [-0.1, -0.05) is 38.7 Å². The van der Waals surface area contributed by atoms with Crippen molar-refractivity contribution in [1.82, 2.24) is 5.32 Å². The highest BCUT2D eigenvalue weighted by Crippen LogP contribution is 2.60. The van der Waals surface area contributed by atoms with Gasteiger partial charge in [0, 0.05) is 43.6 Å². The van der Waals surface area contributed by atoms with Gasteiger partial charge >= 0.3 is 0 Å². The Hall–Kier alpha value is -1.67. The first-order valence-corrected chi connectivity index (χ1v) is 12.1. The second-order valence-electron chi connectivity index (χ2n) is 10.5.